The van der Waals surface area contributed by atoms with Gasteiger partial charge in [0.2, 0.25) is 0 Å². The summed E-state index contributed by atoms with van der Waals surface area (Å²) >= 11 is 0. The minimum atomic E-state index is -0.821. The van der Waals surface area contributed by atoms with E-state index in [2.05, 4.69) is 10.4 Å². The molecule has 6 heteroatoms. The molecule has 6 nitrogen and oxygen atoms in total. The van der Waals surface area contributed by atoms with Gasteiger partial charge in [-0.05, 0) is 37.1 Å². The number of benzene rings is 1. The molecule has 1 aromatic heterocycles. The summed E-state index contributed by atoms with van der Waals surface area (Å²) in [5.41, 5.74) is 2.85. The molecular weight excluding hydrogens is 270 g/mol. The highest BCUT2D eigenvalue weighted by Gasteiger charge is 2.11. The van der Waals surface area contributed by atoms with Gasteiger partial charge < -0.3 is 10.4 Å². The topological polar surface area (TPSA) is 84.2 Å². The number of nitrogens with zero attached hydrogens (tertiary/aromatic N) is 2. The van der Waals surface area contributed by atoms with Crippen molar-refractivity contribution in [3.05, 3.63) is 47.3 Å². The molecule has 1 amide bonds. The van der Waals surface area contributed by atoms with E-state index in [4.69, 9.17) is 5.11 Å². The van der Waals surface area contributed by atoms with Crippen LogP contribution in [-0.4, -0.2) is 26.8 Å². The Kier molecular flexibility index (Phi) is 4.37. The third-order valence-electron chi connectivity index (χ3n) is 3.19. The number of nitrogens with one attached hydrogen (secondary N) is 1. The van der Waals surface area contributed by atoms with Crippen LogP contribution in [0.5, 0.6) is 0 Å². The number of carbonyl (C=O) groups excluding carboxylic acids is 1. The Morgan fingerprint density at radius 2 is 1.95 bits per heavy atom. The van der Waals surface area contributed by atoms with Gasteiger partial charge in [0.05, 0.1) is 0 Å². The molecule has 0 spiro atoms. The molecule has 2 rings (SSSR count). The molecule has 0 aliphatic carbocycles. The highest BCUT2D eigenvalue weighted by atomic mass is 16.4. The van der Waals surface area contributed by atoms with Crippen molar-refractivity contribution in [2.75, 3.05) is 5.32 Å². The van der Waals surface area contributed by atoms with Crippen LogP contribution in [0.4, 0.5) is 5.69 Å². The van der Waals surface area contributed by atoms with Crippen LogP contribution in [0, 0.1) is 6.92 Å². The van der Waals surface area contributed by atoms with Gasteiger partial charge in [0.15, 0.2) is 5.69 Å². The van der Waals surface area contributed by atoms with Crippen molar-refractivity contribution in [2.45, 2.75) is 19.8 Å². The minimum Gasteiger partial charge on any atom is -0.481 e. The molecule has 0 aliphatic heterocycles. The zero-order chi connectivity index (χ0) is 15.4. The number of anilines is 1. The number of carboxylic acid groups (broad SMARTS) is 1. The van der Waals surface area contributed by atoms with Crippen molar-refractivity contribution in [1.29, 1.82) is 0 Å². The number of hydrogen-bond acceptors (Lipinski definition) is 3. The van der Waals surface area contributed by atoms with E-state index in [1.54, 1.807) is 29.9 Å². The third kappa shape index (κ3) is 3.92. The average molecular weight is 287 g/mol. The van der Waals surface area contributed by atoms with Crippen molar-refractivity contribution in [1.82, 2.24) is 9.78 Å². The van der Waals surface area contributed by atoms with Gasteiger partial charge in [0.1, 0.15) is 0 Å². The van der Waals surface area contributed by atoms with Crippen LogP contribution in [0.1, 0.15) is 28.2 Å². The maximum Gasteiger partial charge on any atom is 0.303 e. The Balaban J connectivity index is 1.99. The Hall–Kier alpha value is -2.63. The number of aromatic nitrogens is 2. The van der Waals surface area contributed by atoms with Crippen LogP contribution >= 0.6 is 0 Å². The lowest BCUT2D eigenvalue weighted by molar-refractivity contribution is -0.136. The molecule has 0 atom stereocenters. The zero-order valence-electron chi connectivity index (χ0n) is 12.0. The first kappa shape index (κ1) is 14.8. The molecule has 0 fully saturated rings. The molecule has 110 valence electrons. The fraction of sp³-hybridized carbons (Fsp3) is 0.267. The van der Waals surface area contributed by atoms with Gasteiger partial charge >= 0.3 is 5.97 Å². The molecule has 1 heterocycles. The highest BCUT2D eigenvalue weighted by Crippen LogP contribution is 2.12. The normalized spacial score (nSPS) is 10.4. The second kappa shape index (κ2) is 6.21. The van der Waals surface area contributed by atoms with E-state index in [1.165, 1.54) is 0 Å². The van der Waals surface area contributed by atoms with Gasteiger partial charge in [-0.25, -0.2) is 0 Å². The van der Waals surface area contributed by atoms with Gasteiger partial charge in [-0.3, -0.25) is 14.3 Å². The number of aryl methyl sites for hydroxylation is 3. The lowest BCUT2D eigenvalue weighted by atomic mass is 10.1. The molecule has 0 bridgehead atoms. The number of carbonyl (C=O) groups is 2. The van der Waals surface area contributed by atoms with Crippen LogP contribution in [0.25, 0.3) is 0 Å². The SMILES string of the molecule is Cc1cc(C(=O)Nc2ccc(CCC(=O)O)cc2)nn1C. The maximum atomic E-state index is 12.0. The molecule has 2 aromatic rings. The summed E-state index contributed by atoms with van der Waals surface area (Å²) < 4.78 is 1.64. The molecule has 0 unspecified atom stereocenters. The fourth-order valence-electron chi connectivity index (χ4n) is 1.87. The van der Waals surface area contributed by atoms with E-state index in [0.717, 1.165) is 11.3 Å². The second-order valence-corrected chi connectivity index (χ2v) is 4.84. The molecule has 1 aromatic carbocycles. The smallest absolute Gasteiger partial charge is 0.303 e. The Bertz CT molecular complexity index is 640. The quantitative estimate of drug-likeness (QED) is 0.881. The van der Waals surface area contributed by atoms with Crippen LogP contribution in [0.2, 0.25) is 0 Å². The standard InChI is InChI=1S/C15H17N3O3/c1-10-9-13(17-18(10)2)15(21)16-12-6-3-11(4-7-12)5-8-14(19)20/h3-4,6-7,9H,5,8H2,1-2H3,(H,16,21)(H,19,20). The maximum absolute atomic E-state index is 12.0. The summed E-state index contributed by atoms with van der Waals surface area (Å²) in [5.74, 6) is -1.09. The van der Waals surface area contributed by atoms with E-state index in [1.807, 2.05) is 19.1 Å². The monoisotopic (exact) mass is 287 g/mol. The summed E-state index contributed by atoms with van der Waals surface area (Å²) in [4.78, 5) is 22.5. The summed E-state index contributed by atoms with van der Waals surface area (Å²) in [6, 6.07) is 8.84. The Labute approximate surface area is 122 Å². The van der Waals surface area contributed by atoms with E-state index in [-0.39, 0.29) is 12.3 Å². The summed E-state index contributed by atoms with van der Waals surface area (Å²) in [5, 5.41) is 15.5. The molecule has 0 radical (unpaired) electrons. The molecule has 21 heavy (non-hydrogen) atoms. The van der Waals surface area contributed by atoms with Gasteiger partial charge in [-0.1, -0.05) is 12.1 Å². The predicted molar refractivity (Wildman–Crippen MR) is 78.3 cm³/mol. The zero-order valence-corrected chi connectivity index (χ0v) is 12.0. The largest absolute Gasteiger partial charge is 0.481 e. The van der Waals surface area contributed by atoms with Crippen LogP contribution in [0.3, 0.4) is 0 Å². The van der Waals surface area contributed by atoms with Gasteiger partial charge in [0.25, 0.3) is 5.91 Å². The van der Waals surface area contributed by atoms with E-state index >= 15 is 0 Å². The molecule has 0 saturated carbocycles. The first-order chi connectivity index (χ1) is 9.95. The van der Waals surface area contributed by atoms with Crippen molar-refractivity contribution in [3.63, 3.8) is 0 Å². The second-order valence-electron chi connectivity index (χ2n) is 4.84. The van der Waals surface area contributed by atoms with Gasteiger partial charge in [-0.15, -0.1) is 0 Å². The first-order valence-corrected chi connectivity index (χ1v) is 6.58. The summed E-state index contributed by atoms with van der Waals surface area (Å²) in [6.45, 7) is 1.88. The van der Waals surface area contributed by atoms with E-state index in [0.29, 0.717) is 17.8 Å². The lowest BCUT2D eigenvalue weighted by Crippen LogP contribution is -2.13. The number of carboxylic acids is 1. The molecule has 0 saturated heterocycles. The molecule has 0 aliphatic rings. The number of amides is 1. The minimum absolute atomic E-state index is 0.0961. The van der Waals surface area contributed by atoms with Crippen molar-refractivity contribution >= 4 is 17.6 Å². The lowest BCUT2D eigenvalue weighted by Gasteiger charge is -2.04. The summed E-state index contributed by atoms with van der Waals surface area (Å²) in [6.07, 6.45) is 0.571. The summed E-state index contributed by atoms with van der Waals surface area (Å²) in [7, 11) is 1.78. The first-order valence-electron chi connectivity index (χ1n) is 6.58. The van der Waals surface area contributed by atoms with Gasteiger partial charge in [0, 0.05) is 24.8 Å². The Morgan fingerprint density at radius 3 is 2.48 bits per heavy atom. The number of hydrogen-bond donors (Lipinski definition) is 2. The van der Waals surface area contributed by atoms with E-state index < -0.39 is 5.97 Å². The van der Waals surface area contributed by atoms with E-state index in [9.17, 15) is 9.59 Å². The average Bonchev–Trinajstić information content (AvgIpc) is 2.78. The number of aliphatic carboxylic acids is 1. The highest BCUT2D eigenvalue weighted by molar-refractivity contribution is 6.02. The number of rotatable bonds is 5. The van der Waals surface area contributed by atoms with Crippen molar-refractivity contribution in [3.8, 4) is 0 Å². The fourth-order valence-corrected chi connectivity index (χ4v) is 1.87. The Morgan fingerprint density at radius 1 is 1.29 bits per heavy atom. The molecular formula is C15H17N3O3. The predicted octanol–water partition coefficient (Wildman–Crippen LogP) is 2.00. The van der Waals surface area contributed by atoms with Crippen molar-refractivity contribution in [2.24, 2.45) is 7.05 Å². The third-order valence-corrected chi connectivity index (χ3v) is 3.19. The molecule has 2 N–H and O–H groups in total. The van der Waals surface area contributed by atoms with Crippen LogP contribution in [0.15, 0.2) is 30.3 Å². The van der Waals surface area contributed by atoms with Crippen LogP contribution in [-0.2, 0) is 18.3 Å². The van der Waals surface area contributed by atoms with Gasteiger partial charge in [-0.2, -0.15) is 5.10 Å². The van der Waals surface area contributed by atoms with Crippen LogP contribution < -0.4 is 5.32 Å². The van der Waals surface area contributed by atoms with Crippen molar-refractivity contribution < 1.29 is 14.7 Å².